The van der Waals surface area contributed by atoms with Crippen LogP contribution in [0.4, 0.5) is 5.69 Å². The summed E-state index contributed by atoms with van der Waals surface area (Å²) >= 11 is 0. The van der Waals surface area contributed by atoms with Gasteiger partial charge in [0.2, 0.25) is 0 Å². The van der Waals surface area contributed by atoms with Gasteiger partial charge >= 0.3 is 0 Å². The number of anilines is 1. The third-order valence-electron chi connectivity index (χ3n) is 2.95. The highest BCUT2D eigenvalue weighted by Crippen LogP contribution is 2.15. The van der Waals surface area contributed by atoms with Gasteiger partial charge in [-0.25, -0.2) is 0 Å². The lowest BCUT2D eigenvalue weighted by Gasteiger charge is -2.29. The maximum absolute atomic E-state index is 11.6. The van der Waals surface area contributed by atoms with Crippen molar-refractivity contribution in [2.45, 2.75) is 20.8 Å². The van der Waals surface area contributed by atoms with E-state index < -0.39 is 0 Å². The van der Waals surface area contributed by atoms with Crippen molar-refractivity contribution in [1.82, 2.24) is 10.6 Å². The van der Waals surface area contributed by atoms with Crippen LogP contribution < -0.4 is 15.5 Å². The fourth-order valence-corrected chi connectivity index (χ4v) is 2.01. The van der Waals surface area contributed by atoms with Gasteiger partial charge in [0.05, 0.1) is 0 Å². The fraction of sp³-hybridized carbons (Fsp3) is 0.533. The quantitative estimate of drug-likeness (QED) is 0.875. The summed E-state index contributed by atoms with van der Waals surface area (Å²) in [6.45, 7) is 10.7. The maximum Gasteiger partial charge on any atom is 0.251 e. The van der Waals surface area contributed by atoms with E-state index in [1.165, 1.54) is 5.69 Å². The molecule has 1 aromatic carbocycles. The van der Waals surface area contributed by atoms with Crippen LogP contribution in [0.1, 0.15) is 31.1 Å². The zero-order valence-electron chi connectivity index (χ0n) is 12.2. The van der Waals surface area contributed by atoms with E-state index in [0.717, 1.165) is 31.7 Å². The number of hydrogen-bond donors (Lipinski definition) is 2. The third-order valence-corrected chi connectivity index (χ3v) is 2.95. The summed E-state index contributed by atoms with van der Waals surface area (Å²) in [5, 5.41) is 6.12. The van der Waals surface area contributed by atoms with E-state index in [-0.39, 0.29) is 5.91 Å². The Bertz CT molecular complexity index is 369. The smallest absolute Gasteiger partial charge is 0.251 e. The summed E-state index contributed by atoms with van der Waals surface area (Å²) in [7, 11) is 0. The number of carbonyl (C=O) groups is 1. The van der Waals surface area contributed by atoms with Crippen molar-refractivity contribution in [2.24, 2.45) is 0 Å². The molecule has 0 saturated carbocycles. The van der Waals surface area contributed by atoms with Crippen LogP contribution in [0.2, 0.25) is 0 Å². The van der Waals surface area contributed by atoms with E-state index in [9.17, 15) is 4.79 Å². The number of hydrogen-bond acceptors (Lipinski definition) is 3. The van der Waals surface area contributed by atoms with Crippen molar-refractivity contribution in [2.75, 3.05) is 37.6 Å². The van der Waals surface area contributed by atoms with Gasteiger partial charge in [-0.05, 0) is 31.2 Å². The first-order valence-electron chi connectivity index (χ1n) is 7.15. The van der Waals surface area contributed by atoms with Crippen molar-refractivity contribution in [1.29, 1.82) is 0 Å². The second kappa shape index (κ2) is 8.53. The first kappa shape index (κ1) is 15.5. The molecule has 4 heteroatoms. The molecule has 1 heterocycles. The molecular weight excluding hydrogens is 238 g/mol. The van der Waals surface area contributed by atoms with Crippen LogP contribution in [0, 0.1) is 0 Å². The molecule has 0 aromatic heterocycles. The zero-order chi connectivity index (χ0) is 14.1. The van der Waals surface area contributed by atoms with Gasteiger partial charge in [-0.2, -0.15) is 0 Å². The number of amides is 1. The lowest BCUT2D eigenvalue weighted by atomic mass is 10.1. The van der Waals surface area contributed by atoms with Gasteiger partial charge in [0.25, 0.3) is 5.91 Å². The standard InChI is InChI=1S/C13H19N3O.C2H6/c1-2-15-13(17)11-3-5-12(6-4-11)16-9-7-14-8-10-16;1-2/h3-6,14H,2,7-10H2,1H3,(H,15,17);1-2H3. The Kier molecular flexibility index (Phi) is 6.97. The lowest BCUT2D eigenvalue weighted by Crippen LogP contribution is -2.43. The topological polar surface area (TPSA) is 44.4 Å². The summed E-state index contributed by atoms with van der Waals surface area (Å²) in [5.41, 5.74) is 1.92. The minimum atomic E-state index is -0.000592. The molecule has 4 nitrogen and oxygen atoms in total. The Balaban J connectivity index is 0.000000861. The molecular formula is C15H25N3O. The van der Waals surface area contributed by atoms with Gasteiger partial charge in [-0.15, -0.1) is 0 Å². The van der Waals surface area contributed by atoms with Gasteiger partial charge in [0, 0.05) is 44.0 Å². The number of piperazine rings is 1. The van der Waals surface area contributed by atoms with Crippen LogP contribution >= 0.6 is 0 Å². The summed E-state index contributed by atoms with van der Waals surface area (Å²) in [6, 6.07) is 7.83. The minimum absolute atomic E-state index is 0.000592. The summed E-state index contributed by atoms with van der Waals surface area (Å²) in [5.74, 6) is -0.000592. The van der Waals surface area contributed by atoms with Crippen LogP contribution in [0.5, 0.6) is 0 Å². The Morgan fingerprint density at radius 3 is 2.32 bits per heavy atom. The molecule has 0 unspecified atom stereocenters. The van der Waals surface area contributed by atoms with E-state index in [2.05, 4.69) is 15.5 Å². The van der Waals surface area contributed by atoms with Crippen LogP contribution in [0.15, 0.2) is 24.3 Å². The SMILES string of the molecule is CC.CCNC(=O)c1ccc(N2CCNCC2)cc1. The monoisotopic (exact) mass is 263 g/mol. The molecule has 0 bridgehead atoms. The first-order chi connectivity index (χ1) is 9.31. The zero-order valence-corrected chi connectivity index (χ0v) is 12.2. The molecule has 2 N–H and O–H groups in total. The van der Waals surface area contributed by atoms with Crippen molar-refractivity contribution in [3.05, 3.63) is 29.8 Å². The van der Waals surface area contributed by atoms with Crippen molar-refractivity contribution in [3.8, 4) is 0 Å². The average molecular weight is 263 g/mol. The van der Waals surface area contributed by atoms with Crippen LogP contribution in [-0.4, -0.2) is 38.6 Å². The molecule has 19 heavy (non-hydrogen) atoms. The summed E-state index contributed by atoms with van der Waals surface area (Å²) < 4.78 is 0. The third kappa shape index (κ3) is 4.56. The second-order valence-electron chi connectivity index (χ2n) is 4.14. The highest BCUT2D eigenvalue weighted by atomic mass is 16.1. The summed E-state index contributed by atoms with van der Waals surface area (Å²) in [4.78, 5) is 13.9. The predicted octanol–water partition coefficient (Wildman–Crippen LogP) is 1.87. The molecule has 1 fully saturated rings. The number of nitrogens with one attached hydrogen (secondary N) is 2. The van der Waals surface area contributed by atoms with E-state index in [0.29, 0.717) is 6.54 Å². The Morgan fingerprint density at radius 2 is 1.79 bits per heavy atom. The normalized spacial score (nSPS) is 14.4. The fourth-order valence-electron chi connectivity index (χ4n) is 2.01. The Hall–Kier alpha value is -1.55. The number of nitrogens with zero attached hydrogens (tertiary/aromatic N) is 1. The number of carbonyl (C=O) groups excluding carboxylic acids is 1. The molecule has 0 atom stereocenters. The van der Waals surface area contributed by atoms with Crippen LogP contribution in [0.25, 0.3) is 0 Å². The summed E-state index contributed by atoms with van der Waals surface area (Å²) in [6.07, 6.45) is 0. The molecule has 0 aliphatic carbocycles. The van der Waals surface area contributed by atoms with E-state index in [1.54, 1.807) is 0 Å². The lowest BCUT2D eigenvalue weighted by molar-refractivity contribution is 0.0956. The van der Waals surface area contributed by atoms with E-state index >= 15 is 0 Å². The van der Waals surface area contributed by atoms with E-state index in [1.807, 2.05) is 45.0 Å². The molecule has 1 aliphatic rings. The molecule has 1 saturated heterocycles. The van der Waals surface area contributed by atoms with Gasteiger partial charge in [0.15, 0.2) is 0 Å². The number of benzene rings is 1. The molecule has 0 radical (unpaired) electrons. The highest BCUT2D eigenvalue weighted by Gasteiger charge is 2.11. The minimum Gasteiger partial charge on any atom is -0.369 e. The van der Waals surface area contributed by atoms with E-state index in [4.69, 9.17) is 0 Å². The molecule has 106 valence electrons. The number of rotatable bonds is 3. The Morgan fingerprint density at radius 1 is 1.21 bits per heavy atom. The van der Waals surface area contributed by atoms with Crippen molar-refractivity contribution in [3.63, 3.8) is 0 Å². The van der Waals surface area contributed by atoms with Gasteiger partial charge in [-0.3, -0.25) is 4.79 Å². The average Bonchev–Trinajstić information content (AvgIpc) is 2.51. The maximum atomic E-state index is 11.6. The highest BCUT2D eigenvalue weighted by molar-refractivity contribution is 5.94. The van der Waals surface area contributed by atoms with Crippen molar-refractivity contribution >= 4 is 11.6 Å². The van der Waals surface area contributed by atoms with Crippen LogP contribution in [0.3, 0.4) is 0 Å². The predicted molar refractivity (Wildman–Crippen MR) is 80.9 cm³/mol. The molecule has 0 spiro atoms. The van der Waals surface area contributed by atoms with Gasteiger partial charge in [-0.1, -0.05) is 13.8 Å². The first-order valence-corrected chi connectivity index (χ1v) is 7.15. The Labute approximate surface area is 116 Å². The van der Waals surface area contributed by atoms with Gasteiger partial charge in [0.1, 0.15) is 0 Å². The van der Waals surface area contributed by atoms with Crippen LogP contribution in [-0.2, 0) is 0 Å². The van der Waals surface area contributed by atoms with Crippen molar-refractivity contribution < 1.29 is 4.79 Å². The molecule has 1 aliphatic heterocycles. The van der Waals surface area contributed by atoms with Gasteiger partial charge < -0.3 is 15.5 Å². The largest absolute Gasteiger partial charge is 0.369 e. The second-order valence-corrected chi connectivity index (χ2v) is 4.14. The molecule has 1 amide bonds. The molecule has 2 rings (SSSR count). The molecule has 1 aromatic rings.